The molecule has 2 aromatic carbocycles. The number of hydrogen-bond donors (Lipinski definition) is 1. The molecule has 186 valence electrons. The Morgan fingerprint density at radius 2 is 1.53 bits per heavy atom. The van der Waals surface area contributed by atoms with Gasteiger partial charge in [-0.2, -0.15) is 0 Å². The summed E-state index contributed by atoms with van der Waals surface area (Å²) in [5.74, 6) is -1.13. The van der Waals surface area contributed by atoms with E-state index in [0.29, 0.717) is 22.2 Å². The molecule has 0 heterocycles. The predicted molar refractivity (Wildman–Crippen MR) is 139 cm³/mol. The highest BCUT2D eigenvalue weighted by molar-refractivity contribution is 7.92. The van der Waals surface area contributed by atoms with Crippen molar-refractivity contribution in [1.82, 2.24) is 10.2 Å². The van der Waals surface area contributed by atoms with Crippen molar-refractivity contribution in [1.29, 1.82) is 0 Å². The first kappa shape index (κ1) is 28.8. The minimum atomic E-state index is -4.00. The highest BCUT2D eigenvalue weighted by Crippen LogP contribution is 2.36. The first-order valence-corrected chi connectivity index (χ1v) is 13.6. The zero-order chi connectivity index (χ0) is 25.8. The highest BCUT2D eigenvalue weighted by atomic mass is 35.5. The Bertz CT molecular complexity index is 1170. The van der Waals surface area contributed by atoms with Crippen molar-refractivity contribution in [3.8, 4) is 0 Å². The van der Waals surface area contributed by atoms with E-state index in [1.54, 1.807) is 25.1 Å². The fraction of sp³-hybridized carbons (Fsp3) is 0.333. The lowest BCUT2D eigenvalue weighted by Crippen LogP contribution is -2.51. The Labute approximate surface area is 223 Å². The number of carbonyl (C=O) groups is 2. The molecule has 1 N–H and O–H groups in total. The number of nitrogens with zero attached hydrogens (tertiary/aromatic N) is 2. The standard InChI is InChI=1S/C21H22Cl5N3O4S/c1-4-27-21(31)12(2)28(10-13-14(22)6-5-7-15(13)23)20(30)11-29(34(3,32)33)19-9-17(25)16(24)8-18(19)26/h5-9,12H,4,10-11H2,1-3H3,(H,27,31)/t12-/m1/s1. The highest BCUT2D eigenvalue weighted by Gasteiger charge is 2.31. The second-order valence-corrected chi connectivity index (χ2v) is 11.2. The number of likely N-dealkylation sites (N-methyl/N-ethyl adjacent to an activating group) is 1. The normalized spacial score (nSPS) is 12.2. The van der Waals surface area contributed by atoms with Crippen LogP contribution in [0.4, 0.5) is 5.69 Å². The van der Waals surface area contributed by atoms with Crippen molar-refractivity contribution in [2.24, 2.45) is 0 Å². The number of carbonyl (C=O) groups excluding carboxylic acids is 2. The fourth-order valence-electron chi connectivity index (χ4n) is 3.06. The average molecular weight is 590 g/mol. The summed E-state index contributed by atoms with van der Waals surface area (Å²) in [6.07, 6.45) is 0.918. The van der Waals surface area contributed by atoms with Gasteiger partial charge in [0.25, 0.3) is 0 Å². The van der Waals surface area contributed by atoms with Gasteiger partial charge in [-0.05, 0) is 38.1 Å². The van der Waals surface area contributed by atoms with Gasteiger partial charge in [0.2, 0.25) is 21.8 Å². The minimum absolute atomic E-state index is 0.0231. The Hall–Kier alpha value is -1.42. The van der Waals surface area contributed by atoms with Gasteiger partial charge in [-0.3, -0.25) is 13.9 Å². The van der Waals surface area contributed by atoms with Gasteiger partial charge in [-0.15, -0.1) is 0 Å². The summed E-state index contributed by atoms with van der Waals surface area (Å²) >= 11 is 30.8. The van der Waals surface area contributed by atoms with Gasteiger partial charge in [0.1, 0.15) is 12.6 Å². The summed E-state index contributed by atoms with van der Waals surface area (Å²) < 4.78 is 26.0. The van der Waals surface area contributed by atoms with E-state index >= 15 is 0 Å². The maximum absolute atomic E-state index is 13.5. The summed E-state index contributed by atoms with van der Waals surface area (Å²) in [6.45, 7) is 2.79. The molecule has 0 radical (unpaired) electrons. The molecular weight excluding hydrogens is 568 g/mol. The van der Waals surface area contributed by atoms with Crippen LogP contribution in [-0.2, 0) is 26.2 Å². The van der Waals surface area contributed by atoms with E-state index in [-0.39, 0.29) is 27.3 Å². The number of anilines is 1. The van der Waals surface area contributed by atoms with E-state index in [1.165, 1.54) is 24.0 Å². The number of sulfonamides is 1. The molecule has 0 saturated carbocycles. The van der Waals surface area contributed by atoms with Crippen molar-refractivity contribution in [3.63, 3.8) is 0 Å². The monoisotopic (exact) mass is 587 g/mol. The molecule has 0 aliphatic carbocycles. The second kappa shape index (κ2) is 12.0. The molecule has 0 aliphatic rings. The summed E-state index contributed by atoms with van der Waals surface area (Å²) in [6, 6.07) is 6.41. The van der Waals surface area contributed by atoms with Crippen LogP contribution in [0.3, 0.4) is 0 Å². The quantitative estimate of drug-likeness (QED) is 0.404. The van der Waals surface area contributed by atoms with Crippen LogP contribution in [0.25, 0.3) is 0 Å². The van der Waals surface area contributed by atoms with E-state index < -0.39 is 34.4 Å². The number of benzene rings is 2. The molecule has 7 nitrogen and oxygen atoms in total. The zero-order valence-corrected chi connectivity index (χ0v) is 23.0. The maximum Gasteiger partial charge on any atom is 0.244 e. The Morgan fingerprint density at radius 3 is 2.06 bits per heavy atom. The van der Waals surface area contributed by atoms with Crippen molar-refractivity contribution in [2.75, 3.05) is 23.7 Å². The molecule has 0 unspecified atom stereocenters. The predicted octanol–water partition coefficient (Wildman–Crippen LogP) is 5.27. The van der Waals surface area contributed by atoms with Crippen LogP contribution in [0, 0.1) is 0 Å². The summed E-state index contributed by atoms with van der Waals surface area (Å²) in [5.41, 5.74) is 0.377. The van der Waals surface area contributed by atoms with Gasteiger partial charge >= 0.3 is 0 Å². The van der Waals surface area contributed by atoms with Crippen LogP contribution in [0.1, 0.15) is 19.4 Å². The molecule has 2 amide bonds. The number of halogens is 5. The van der Waals surface area contributed by atoms with Crippen molar-refractivity contribution in [3.05, 3.63) is 61.0 Å². The van der Waals surface area contributed by atoms with E-state index in [4.69, 9.17) is 58.0 Å². The lowest BCUT2D eigenvalue weighted by atomic mass is 10.1. The van der Waals surface area contributed by atoms with E-state index in [0.717, 1.165) is 10.6 Å². The fourth-order valence-corrected chi connectivity index (χ4v) is 5.12. The molecule has 0 aromatic heterocycles. The minimum Gasteiger partial charge on any atom is -0.355 e. The summed E-state index contributed by atoms with van der Waals surface area (Å²) in [7, 11) is -4.00. The first-order valence-electron chi connectivity index (χ1n) is 9.90. The zero-order valence-electron chi connectivity index (χ0n) is 18.4. The van der Waals surface area contributed by atoms with E-state index in [9.17, 15) is 18.0 Å². The third-order valence-electron chi connectivity index (χ3n) is 4.85. The van der Waals surface area contributed by atoms with Gasteiger partial charge in [0.05, 0.1) is 27.0 Å². The van der Waals surface area contributed by atoms with Crippen LogP contribution in [0.15, 0.2) is 30.3 Å². The Balaban J connectivity index is 2.51. The SMILES string of the molecule is CCNC(=O)[C@@H](C)N(Cc1c(Cl)cccc1Cl)C(=O)CN(c1cc(Cl)c(Cl)cc1Cl)S(C)(=O)=O. The van der Waals surface area contributed by atoms with Crippen molar-refractivity contribution in [2.45, 2.75) is 26.4 Å². The van der Waals surface area contributed by atoms with Crippen LogP contribution in [-0.4, -0.2) is 50.5 Å². The lowest BCUT2D eigenvalue weighted by Gasteiger charge is -2.32. The topological polar surface area (TPSA) is 86.8 Å². The molecule has 0 bridgehead atoms. The third-order valence-corrected chi connectivity index (χ3v) is 7.71. The van der Waals surface area contributed by atoms with Gasteiger partial charge in [0, 0.05) is 28.7 Å². The van der Waals surface area contributed by atoms with Gasteiger partial charge in [0.15, 0.2) is 0 Å². The third kappa shape index (κ3) is 7.06. The van der Waals surface area contributed by atoms with Crippen molar-refractivity contribution >= 4 is 85.5 Å². The van der Waals surface area contributed by atoms with Crippen molar-refractivity contribution < 1.29 is 18.0 Å². The lowest BCUT2D eigenvalue weighted by molar-refractivity contribution is -0.139. The number of rotatable bonds is 9. The molecule has 0 saturated heterocycles. The van der Waals surface area contributed by atoms with Crippen LogP contribution < -0.4 is 9.62 Å². The molecule has 1 atom stereocenters. The first-order chi connectivity index (χ1) is 15.8. The smallest absolute Gasteiger partial charge is 0.244 e. The average Bonchev–Trinajstić information content (AvgIpc) is 2.73. The van der Waals surface area contributed by atoms with Crippen LogP contribution in [0.5, 0.6) is 0 Å². The molecule has 34 heavy (non-hydrogen) atoms. The molecule has 0 fully saturated rings. The van der Waals surface area contributed by atoms with Gasteiger partial charge in [-0.25, -0.2) is 8.42 Å². The number of hydrogen-bond acceptors (Lipinski definition) is 4. The van der Waals surface area contributed by atoms with E-state index in [1.807, 2.05) is 0 Å². The molecule has 0 aliphatic heterocycles. The number of nitrogens with one attached hydrogen (secondary N) is 1. The van der Waals surface area contributed by atoms with Gasteiger partial charge in [-0.1, -0.05) is 64.1 Å². The number of amides is 2. The molecular formula is C21H22Cl5N3O4S. The molecule has 13 heteroatoms. The van der Waals surface area contributed by atoms with Gasteiger partial charge < -0.3 is 10.2 Å². The molecule has 2 aromatic rings. The van der Waals surface area contributed by atoms with Crippen LogP contribution in [0.2, 0.25) is 25.1 Å². The Morgan fingerprint density at radius 1 is 0.971 bits per heavy atom. The molecule has 0 spiro atoms. The summed E-state index contributed by atoms with van der Waals surface area (Å²) in [5, 5.41) is 3.39. The van der Waals surface area contributed by atoms with Crippen LogP contribution >= 0.6 is 58.0 Å². The molecule has 2 rings (SSSR count). The van der Waals surface area contributed by atoms with E-state index in [2.05, 4.69) is 5.32 Å². The largest absolute Gasteiger partial charge is 0.355 e. The Kier molecular flexibility index (Phi) is 10.2. The summed E-state index contributed by atoms with van der Waals surface area (Å²) in [4.78, 5) is 27.2. The second-order valence-electron chi connectivity index (χ2n) is 7.28. The maximum atomic E-state index is 13.5.